The first-order valence-corrected chi connectivity index (χ1v) is 8.80. The zero-order valence-electron chi connectivity index (χ0n) is 16.3. The van der Waals surface area contributed by atoms with Gasteiger partial charge in [-0.25, -0.2) is 4.79 Å². The van der Waals surface area contributed by atoms with Crippen LogP contribution in [0.2, 0.25) is 0 Å². The van der Waals surface area contributed by atoms with Crippen LogP contribution in [0.5, 0.6) is 0 Å². The van der Waals surface area contributed by atoms with Crippen molar-refractivity contribution in [2.45, 2.75) is 54.4 Å². The van der Waals surface area contributed by atoms with Crippen molar-refractivity contribution in [1.82, 2.24) is 0 Å². The number of hydrogen-bond donors (Lipinski definition) is 0. The molecule has 136 valence electrons. The van der Waals surface area contributed by atoms with E-state index in [-0.39, 0.29) is 17.2 Å². The molecule has 1 aliphatic carbocycles. The molecule has 1 rings (SSSR count). The van der Waals surface area contributed by atoms with Gasteiger partial charge in [-0.05, 0) is 62.7 Å². The Morgan fingerprint density at radius 2 is 1.80 bits per heavy atom. The van der Waals surface area contributed by atoms with Crippen molar-refractivity contribution in [3.8, 4) is 0 Å². The fraction of sp³-hybridized carbons (Fsp3) is 0.455. The maximum atomic E-state index is 11.8. The van der Waals surface area contributed by atoms with E-state index in [1.165, 1.54) is 6.08 Å². The van der Waals surface area contributed by atoms with Crippen LogP contribution < -0.4 is 0 Å². The number of esters is 1. The topological polar surface area (TPSA) is 43.4 Å². The number of allylic oxidation sites excluding steroid dienone is 9. The molecule has 0 amide bonds. The van der Waals surface area contributed by atoms with Crippen LogP contribution in [0.15, 0.2) is 58.7 Å². The quantitative estimate of drug-likeness (QED) is 0.360. The van der Waals surface area contributed by atoms with Crippen molar-refractivity contribution in [1.29, 1.82) is 0 Å². The highest BCUT2D eigenvalue weighted by Gasteiger charge is 2.32. The molecule has 0 fully saturated rings. The van der Waals surface area contributed by atoms with Gasteiger partial charge in [0.2, 0.25) is 0 Å². The van der Waals surface area contributed by atoms with Gasteiger partial charge >= 0.3 is 5.97 Å². The Kier molecular flexibility index (Phi) is 7.82. The summed E-state index contributed by atoms with van der Waals surface area (Å²) in [5.74, 6) is -0.149. The Bertz CT molecular complexity index is 667. The molecule has 0 aromatic heterocycles. The van der Waals surface area contributed by atoms with Gasteiger partial charge in [0.15, 0.2) is 5.78 Å². The summed E-state index contributed by atoms with van der Waals surface area (Å²) in [4.78, 5) is 23.2. The summed E-state index contributed by atoms with van der Waals surface area (Å²) in [6.45, 7) is 12.1. The van der Waals surface area contributed by atoms with Crippen molar-refractivity contribution in [3.05, 3.63) is 58.7 Å². The number of hydrogen-bond acceptors (Lipinski definition) is 3. The number of Topliss-reactive ketones (excluding diaryl/α,β-unsaturated/α-hetero) is 1. The molecule has 0 atom stereocenters. The molecule has 3 nitrogen and oxygen atoms in total. The lowest BCUT2D eigenvalue weighted by molar-refractivity contribution is -0.137. The van der Waals surface area contributed by atoms with Crippen LogP contribution in [0.1, 0.15) is 54.4 Å². The Balaban J connectivity index is 2.82. The monoisotopic (exact) mass is 342 g/mol. The lowest BCUT2D eigenvalue weighted by Crippen LogP contribution is -2.09. The summed E-state index contributed by atoms with van der Waals surface area (Å²) < 4.78 is 4.88. The third-order valence-electron chi connectivity index (χ3n) is 4.34. The lowest BCUT2D eigenvalue weighted by atomic mass is 9.84. The van der Waals surface area contributed by atoms with Crippen molar-refractivity contribution < 1.29 is 14.3 Å². The highest BCUT2D eigenvalue weighted by Crippen LogP contribution is 2.43. The van der Waals surface area contributed by atoms with Crippen molar-refractivity contribution >= 4 is 11.8 Å². The van der Waals surface area contributed by atoms with Crippen LogP contribution in [-0.4, -0.2) is 18.4 Å². The largest absolute Gasteiger partial charge is 0.463 e. The molecule has 0 saturated carbocycles. The van der Waals surface area contributed by atoms with Gasteiger partial charge in [-0.1, -0.05) is 49.8 Å². The Morgan fingerprint density at radius 1 is 1.12 bits per heavy atom. The van der Waals surface area contributed by atoms with E-state index in [2.05, 4.69) is 19.9 Å². The minimum Gasteiger partial charge on any atom is -0.463 e. The second kappa shape index (κ2) is 9.36. The molecule has 0 saturated heterocycles. The number of rotatable bonds is 7. The molecule has 0 aliphatic heterocycles. The van der Waals surface area contributed by atoms with E-state index in [4.69, 9.17) is 4.74 Å². The standard InChI is InChI=1S/C22H30O3/c1-7-25-21(24)15-17(3)10-8-9-16(2)11-12-20-19(18(4)23)13-14-22(20,5)6/h8-12,15H,7,13-14H2,1-6H3/b10-8+,12-11+,16-9+,17-15+. The maximum absolute atomic E-state index is 11.8. The van der Waals surface area contributed by atoms with Gasteiger partial charge in [-0.3, -0.25) is 4.79 Å². The minimum absolute atomic E-state index is 0.0482. The number of carbonyl (C=O) groups excluding carboxylic acids is 2. The summed E-state index contributed by atoms with van der Waals surface area (Å²) in [6.07, 6.45) is 13.2. The van der Waals surface area contributed by atoms with E-state index in [0.717, 1.165) is 35.1 Å². The fourth-order valence-corrected chi connectivity index (χ4v) is 2.85. The van der Waals surface area contributed by atoms with E-state index >= 15 is 0 Å². The molecule has 0 aromatic rings. The lowest BCUT2D eigenvalue weighted by Gasteiger charge is -2.20. The SMILES string of the molecule is CCOC(=O)/C=C(C)/C=C/C=C(C)/C=C/C1=C(C(C)=O)CCC1(C)C. The van der Waals surface area contributed by atoms with E-state index in [9.17, 15) is 9.59 Å². The van der Waals surface area contributed by atoms with Crippen LogP contribution in [0.3, 0.4) is 0 Å². The molecule has 0 aromatic carbocycles. The highest BCUT2D eigenvalue weighted by molar-refractivity contribution is 5.95. The van der Waals surface area contributed by atoms with E-state index in [0.29, 0.717) is 6.61 Å². The molecular weight excluding hydrogens is 312 g/mol. The van der Waals surface area contributed by atoms with Crippen LogP contribution in [0.25, 0.3) is 0 Å². The normalized spacial score (nSPS) is 18.5. The van der Waals surface area contributed by atoms with Crippen molar-refractivity contribution in [3.63, 3.8) is 0 Å². The third-order valence-corrected chi connectivity index (χ3v) is 4.34. The molecule has 0 unspecified atom stereocenters. The summed E-state index contributed by atoms with van der Waals surface area (Å²) in [5.41, 5.74) is 4.07. The molecule has 0 N–H and O–H groups in total. The second-order valence-electron chi connectivity index (χ2n) is 7.08. The number of carbonyl (C=O) groups is 2. The molecule has 0 radical (unpaired) electrons. The smallest absolute Gasteiger partial charge is 0.330 e. The zero-order chi connectivity index (χ0) is 19.0. The first kappa shape index (κ1) is 20.9. The van der Waals surface area contributed by atoms with E-state index in [1.807, 2.05) is 38.2 Å². The summed E-state index contributed by atoms with van der Waals surface area (Å²) in [7, 11) is 0. The Labute approximate surface area is 151 Å². The number of ketones is 1. The van der Waals surface area contributed by atoms with Gasteiger partial charge in [0.1, 0.15) is 0 Å². The molecule has 25 heavy (non-hydrogen) atoms. The van der Waals surface area contributed by atoms with Gasteiger partial charge in [0, 0.05) is 6.08 Å². The molecule has 0 heterocycles. The number of ether oxygens (including phenoxy) is 1. The summed E-state index contributed by atoms with van der Waals surface area (Å²) in [5, 5.41) is 0. The fourth-order valence-electron chi connectivity index (χ4n) is 2.85. The molecule has 3 heteroatoms. The van der Waals surface area contributed by atoms with Crippen LogP contribution in [0.4, 0.5) is 0 Å². The van der Waals surface area contributed by atoms with Gasteiger partial charge in [0.25, 0.3) is 0 Å². The second-order valence-corrected chi connectivity index (χ2v) is 7.08. The van der Waals surface area contributed by atoms with Crippen LogP contribution in [0, 0.1) is 5.41 Å². The van der Waals surface area contributed by atoms with E-state index < -0.39 is 0 Å². The van der Waals surface area contributed by atoms with Crippen molar-refractivity contribution in [2.24, 2.45) is 5.41 Å². The predicted octanol–water partition coefficient (Wildman–Crippen LogP) is 5.26. The average molecular weight is 342 g/mol. The third kappa shape index (κ3) is 6.69. The highest BCUT2D eigenvalue weighted by atomic mass is 16.5. The first-order chi connectivity index (χ1) is 11.7. The Hall–Kier alpha value is -2.16. The van der Waals surface area contributed by atoms with E-state index in [1.54, 1.807) is 13.8 Å². The van der Waals surface area contributed by atoms with Gasteiger partial charge < -0.3 is 4.74 Å². The predicted molar refractivity (Wildman–Crippen MR) is 103 cm³/mol. The maximum Gasteiger partial charge on any atom is 0.330 e. The molecular formula is C22H30O3. The van der Waals surface area contributed by atoms with Crippen LogP contribution >= 0.6 is 0 Å². The first-order valence-electron chi connectivity index (χ1n) is 8.80. The van der Waals surface area contributed by atoms with Gasteiger partial charge in [0.05, 0.1) is 6.61 Å². The van der Waals surface area contributed by atoms with Gasteiger partial charge in [-0.15, -0.1) is 0 Å². The molecule has 1 aliphatic rings. The van der Waals surface area contributed by atoms with Crippen LogP contribution in [-0.2, 0) is 14.3 Å². The summed E-state index contributed by atoms with van der Waals surface area (Å²) >= 11 is 0. The summed E-state index contributed by atoms with van der Waals surface area (Å²) in [6, 6.07) is 0. The molecule has 0 bridgehead atoms. The molecule has 0 spiro atoms. The minimum atomic E-state index is -0.322. The Morgan fingerprint density at radius 3 is 2.40 bits per heavy atom. The average Bonchev–Trinajstić information content (AvgIpc) is 2.80. The zero-order valence-corrected chi connectivity index (χ0v) is 16.3. The van der Waals surface area contributed by atoms with Gasteiger partial charge in [-0.2, -0.15) is 0 Å². The van der Waals surface area contributed by atoms with Crippen molar-refractivity contribution in [2.75, 3.05) is 6.61 Å².